The maximum Gasteiger partial charge on any atom is 0.509 e. The zero-order valence-corrected chi connectivity index (χ0v) is 31.7. The lowest BCUT2D eigenvalue weighted by atomic mass is 9.73. The Labute approximate surface area is 296 Å². The normalized spacial score (nSPS) is 42.4. The fourth-order valence-electron chi connectivity index (χ4n) is 7.83. The van der Waals surface area contributed by atoms with Crippen molar-refractivity contribution in [1.82, 2.24) is 4.90 Å². The van der Waals surface area contributed by atoms with Gasteiger partial charge >= 0.3 is 18.1 Å². The first-order chi connectivity index (χ1) is 23.3. The highest BCUT2D eigenvalue weighted by atomic mass is 16.8. The largest absolute Gasteiger partial charge is 0.509 e. The van der Waals surface area contributed by atoms with Crippen molar-refractivity contribution in [2.45, 2.75) is 142 Å². The average Bonchev–Trinajstić information content (AvgIpc) is 3.37. The van der Waals surface area contributed by atoms with Crippen LogP contribution in [0.2, 0.25) is 0 Å². The molecule has 3 fully saturated rings. The van der Waals surface area contributed by atoms with Crippen LogP contribution < -0.4 is 0 Å². The lowest BCUT2D eigenvalue weighted by Gasteiger charge is -2.48. The highest BCUT2D eigenvalue weighted by Crippen LogP contribution is 2.42. The molecule has 3 rings (SSSR count). The number of likely N-dealkylation sites (N-methyl/N-ethyl adjacent to an activating group) is 1. The summed E-state index contributed by atoms with van der Waals surface area (Å²) in [6.45, 7) is 15.5. The summed E-state index contributed by atoms with van der Waals surface area (Å²) in [5.74, 6) is -1.61. The molecule has 14 heteroatoms. The second-order valence-electron chi connectivity index (χ2n) is 14.7. The third-order valence-corrected chi connectivity index (χ3v) is 10.6. The number of hydrogen-bond donors (Lipinski definition) is 1. The molecular weight excluding hydrogens is 652 g/mol. The number of fused-ring (bicyclic) bond motifs is 1. The van der Waals surface area contributed by atoms with Crippen LogP contribution in [0.4, 0.5) is 4.79 Å². The molecule has 3 heterocycles. The first-order valence-corrected chi connectivity index (χ1v) is 17.5. The van der Waals surface area contributed by atoms with Crippen LogP contribution in [0.3, 0.4) is 0 Å². The molecule has 14 atom stereocenters. The number of ether oxygens (including phenoxy) is 7. The van der Waals surface area contributed by atoms with Gasteiger partial charge in [-0.05, 0) is 61.1 Å². The zero-order chi connectivity index (χ0) is 37.7. The van der Waals surface area contributed by atoms with E-state index >= 15 is 0 Å². The van der Waals surface area contributed by atoms with Crippen molar-refractivity contribution in [3.8, 4) is 12.3 Å². The SMILES string of the molecule is C#CCO/N=C1\[C@H](C)C[C@@](C)(OC)[C@H](O[C@@H]2O[C@H](C)C[C@H](N(C)C)[C@H]2OC(C)=O)[C@@H](C)[C@H](O)[C@@H](C)C(=O)O[C@H](CC)[C@@]2(C)OC(=O)O[C@@H]2[C@H]1C. The summed E-state index contributed by atoms with van der Waals surface area (Å²) < 4.78 is 42.7. The Morgan fingerprint density at radius 3 is 2.34 bits per heavy atom. The second-order valence-corrected chi connectivity index (χ2v) is 14.7. The highest BCUT2D eigenvalue weighted by molar-refractivity contribution is 5.89. The highest BCUT2D eigenvalue weighted by Gasteiger charge is 2.59. The van der Waals surface area contributed by atoms with Crippen LogP contribution >= 0.6 is 0 Å². The number of carbonyl (C=O) groups is 3. The van der Waals surface area contributed by atoms with Gasteiger partial charge in [-0.1, -0.05) is 38.8 Å². The maximum absolute atomic E-state index is 13.8. The minimum absolute atomic E-state index is 0.105. The summed E-state index contributed by atoms with van der Waals surface area (Å²) in [5.41, 5.74) is -2.09. The summed E-state index contributed by atoms with van der Waals surface area (Å²) in [6.07, 6.45) is -0.554. The molecule has 3 aliphatic rings. The summed E-state index contributed by atoms with van der Waals surface area (Å²) in [5, 5.41) is 16.3. The van der Waals surface area contributed by atoms with Gasteiger partial charge in [0.2, 0.25) is 0 Å². The van der Waals surface area contributed by atoms with Gasteiger partial charge < -0.3 is 48.0 Å². The van der Waals surface area contributed by atoms with E-state index in [0.717, 1.165) is 0 Å². The van der Waals surface area contributed by atoms with Gasteiger partial charge in [-0.15, -0.1) is 6.42 Å². The van der Waals surface area contributed by atoms with Crippen LogP contribution in [0.25, 0.3) is 0 Å². The molecule has 14 nitrogen and oxygen atoms in total. The number of nitrogens with zero attached hydrogens (tertiary/aromatic N) is 2. The lowest BCUT2D eigenvalue weighted by molar-refractivity contribution is -0.303. The summed E-state index contributed by atoms with van der Waals surface area (Å²) in [6, 6.07) is -0.238. The molecule has 3 saturated heterocycles. The quantitative estimate of drug-likeness (QED) is 0.128. The minimum Gasteiger partial charge on any atom is -0.458 e. The Kier molecular flexibility index (Phi) is 14.1. The number of hydrogen-bond acceptors (Lipinski definition) is 14. The Bertz CT molecular complexity index is 1270. The van der Waals surface area contributed by atoms with Crippen molar-refractivity contribution in [3.05, 3.63) is 0 Å². The second kappa shape index (κ2) is 17.0. The van der Waals surface area contributed by atoms with Gasteiger partial charge in [0.1, 0.15) is 6.10 Å². The topological polar surface area (TPSA) is 161 Å². The molecule has 50 heavy (non-hydrogen) atoms. The molecule has 0 radical (unpaired) electrons. The van der Waals surface area contributed by atoms with Gasteiger partial charge in [-0.3, -0.25) is 9.59 Å². The Morgan fingerprint density at radius 2 is 1.78 bits per heavy atom. The van der Waals surface area contributed by atoms with E-state index in [1.54, 1.807) is 27.7 Å². The van der Waals surface area contributed by atoms with Crippen molar-refractivity contribution in [1.29, 1.82) is 0 Å². The molecule has 0 unspecified atom stereocenters. The van der Waals surface area contributed by atoms with E-state index in [-0.39, 0.29) is 31.6 Å². The molecule has 0 spiro atoms. The zero-order valence-electron chi connectivity index (χ0n) is 31.7. The van der Waals surface area contributed by atoms with E-state index < -0.39 is 89.8 Å². The Hall–Kier alpha value is -2.96. The smallest absolute Gasteiger partial charge is 0.458 e. The monoisotopic (exact) mass is 710 g/mol. The predicted octanol–water partition coefficient (Wildman–Crippen LogP) is 3.70. The lowest BCUT2D eigenvalue weighted by Crippen LogP contribution is -2.61. The molecule has 0 aromatic rings. The van der Waals surface area contributed by atoms with E-state index in [9.17, 15) is 19.5 Å². The van der Waals surface area contributed by atoms with Gasteiger partial charge in [0.05, 0.1) is 41.6 Å². The minimum atomic E-state index is -1.39. The molecule has 3 aliphatic heterocycles. The van der Waals surface area contributed by atoms with E-state index in [1.165, 1.54) is 14.0 Å². The van der Waals surface area contributed by atoms with Crippen LogP contribution in [0.1, 0.15) is 81.6 Å². The number of oxime groups is 1. The molecule has 1 N–H and O–H groups in total. The third kappa shape index (κ3) is 8.91. The standard InChI is InChI=1S/C36H58N2O12/c1-14-16-44-37-27-19(3)18-35(9,43-13)30(48-33-29(46-24(8)39)25(38(11)12)17-20(4)45-33)22(6)28(40)23(7)32(41)47-26(15-2)36(10)31(21(27)5)49-34(42)50-36/h1,19-23,25-26,28-31,33,40H,15-18H2,2-13H3/b37-27+/t19-,20-,21+,22+,23-,25+,26-,28+,29-,30-,31-,33+,35-,36-/m1/s1. The average molecular weight is 711 g/mol. The van der Waals surface area contributed by atoms with Crippen LogP contribution in [-0.4, -0.2) is 122 Å². The van der Waals surface area contributed by atoms with E-state index in [1.807, 2.05) is 46.7 Å². The van der Waals surface area contributed by atoms with E-state index in [0.29, 0.717) is 12.1 Å². The number of methoxy groups -OCH3 is 1. The van der Waals surface area contributed by atoms with Crippen LogP contribution in [0, 0.1) is 36.0 Å². The summed E-state index contributed by atoms with van der Waals surface area (Å²) in [7, 11) is 5.32. The van der Waals surface area contributed by atoms with Gasteiger partial charge in [0, 0.05) is 31.8 Å². The molecule has 0 amide bonds. The Morgan fingerprint density at radius 1 is 1.12 bits per heavy atom. The van der Waals surface area contributed by atoms with Crippen molar-refractivity contribution in [3.63, 3.8) is 0 Å². The van der Waals surface area contributed by atoms with Crippen molar-refractivity contribution in [2.75, 3.05) is 27.8 Å². The number of aliphatic hydroxyl groups excluding tert-OH is 1. The van der Waals surface area contributed by atoms with Gasteiger partial charge in [-0.25, -0.2) is 4.79 Å². The molecule has 0 saturated carbocycles. The van der Waals surface area contributed by atoms with Crippen LogP contribution in [0.5, 0.6) is 0 Å². The number of terminal acetylenes is 1. The fraction of sp³-hybridized carbons (Fsp3) is 0.833. The number of rotatable bonds is 8. The van der Waals surface area contributed by atoms with E-state index in [4.69, 9.17) is 44.4 Å². The first-order valence-electron chi connectivity index (χ1n) is 17.5. The third-order valence-electron chi connectivity index (χ3n) is 10.6. The predicted molar refractivity (Wildman–Crippen MR) is 182 cm³/mol. The van der Waals surface area contributed by atoms with Crippen molar-refractivity contribution in [2.24, 2.45) is 28.8 Å². The molecule has 0 aromatic heterocycles. The molecule has 284 valence electrons. The maximum atomic E-state index is 13.8. The first kappa shape index (κ1) is 41.5. The Balaban J connectivity index is 2.21. The van der Waals surface area contributed by atoms with Gasteiger partial charge in [0.25, 0.3) is 0 Å². The van der Waals surface area contributed by atoms with Crippen molar-refractivity contribution < 1.29 is 57.5 Å². The van der Waals surface area contributed by atoms with E-state index in [2.05, 4.69) is 11.1 Å². The van der Waals surface area contributed by atoms with Gasteiger partial charge in [0.15, 0.2) is 30.7 Å². The number of esters is 2. The number of aliphatic hydroxyl groups is 1. The summed E-state index contributed by atoms with van der Waals surface area (Å²) >= 11 is 0. The molecular formula is C36H58N2O12. The van der Waals surface area contributed by atoms with Gasteiger partial charge in [-0.2, -0.15) is 0 Å². The van der Waals surface area contributed by atoms with Crippen molar-refractivity contribution >= 4 is 23.8 Å². The van der Waals surface area contributed by atoms with Crippen LogP contribution in [0.15, 0.2) is 5.16 Å². The number of carbonyl (C=O) groups excluding carboxylic acids is 3. The molecule has 0 aliphatic carbocycles. The fourth-order valence-corrected chi connectivity index (χ4v) is 7.83. The van der Waals surface area contributed by atoms with Crippen LogP contribution in [-0.2, 0) is 47.6 Å². The number of cyclic esters (lactones) is 1. The summed E-state index contributed by atoms with van der Waals surface area (Å²) in [4.78, 5) is 46.3. The molecule has 0 bridgehead atoms. The molecule has 0 aromatic carbocycles.